The van der Waals surface area contributed by atoms with Crippen molar-refractivity contribution in [2.24, 2.45) is 4.99 Å². The molecule has 0 aliphatic rings. The Kier molecular flexibility index (Phi) is 8.04. The lowest BCUT2D eigenvalue weighted by Gasteiger charge is -2.07. The third-order valence-electron chi connectivity index (χ3n) is 4.60. The van der Waals surface area contributed by atoms with Crippen molar-refractivity contribution < 1.29 is 19.0 Å². The molecule has 30 heavy (non-hydrogen) atoms. The number of benzene rings is 2. The first-order valence-electron chi connectivity index (χ1n) is 10.2. The lowest BCUT2D eigenvalue weighted by atomic mass is 10.2. The molecule has 1 heterocycles. The monoisotopic (exact) mass is 428 g/mol. The van der Waals surface area contributed by atoms with Gasteiger partial charge in [-0.25, -0.2) is 0 Å². The number of aromatic nitrogens is 1. The molecule has 0 saturated carbocycles. The van der Waals surface area contributed by atoms with Gasteiger partial charge in [-0.05, 0) is 49.7 Å². The summed E-state index contributed by atoms with van der Waals surface area (Å²) >= 11 is 1.46. The second-order valence-corrected chi connectivity index (χ2v) is 7.72. The van der Waals surface area contributed by atoms with Gasteiger partial charge in [-0.1, -0.05) is 30.7 Å². The Balaban J connectivity index is 1.94. The zero-order valence-electron chi connectivity index (χ0n) is 17.7. The summed E-state index contributed by atoms with van der Waals surface area (Å²) < 4.78 is 19.6. The van der Waals surface area contributed by atoms with Crippen LogP contribution in [0.1, 0.15) is 37.0 Å². The molecule has 0 saturated heterocycles. The van der Waals surface area contributed by atoms with Crippen molar-refractivity contribution in [1.29, 1.82) is 0 Å². The van der Waals surface area contributed by atoms with Gasteiger partial charge in [0, 0.05) is 18.7 Å². The standard InChI is InChI=1S/C23H28N2O4S/c1-4-6-13-29-19-9-7-8-17(15-19)22(26)24-23-25(12-14-28-5-2)20-11-10-18(27-3)16-21(20)30-23/h7-11,15-16H,4-6,12-14H2,1-3H3. The fourth-order valence-corrected chi connectivity index (χ4v) is 4.07. The van der Waals surface area contributed by atoms with Gasteiger partial charge in [0.15, 0.2) is 4.80 Å². The van der Waals surface area contributed by atoms with Gasteiger partial charge >= 0.3 is 0 Å². The van der Waals surface area contributed by atoms with Crippen molar-refractivity contribution >= 4 is 27.5 Å². The predicted molar refractivity (Wildman–Crippen MR) is 120 cm³/mol. The normalized spacial score (nSPS) is 11.8. The molecule has 0 radical (unpaired) electrons. The molecular formula is C23H28N2O4S. The number of hydrogen-bond donors (Lipinski definition) is 0. The lowest BCUT2D eigenvalue weighted by Crippen LogP contribution is -2.19. The van der Waals surface area contributed by atoms with Crippen LogP contribution < -0.4 is 14.3 Å². The van der Waals surface area contributed by atoms with Gasteiger partial charge in [0.1, 0.15) is 11.5 Å². The van der Waals surface area contributed by atoms with Gasteiger partial charge in [-0.3, -0.25) is 4.79 Å². The van der Waals surface area contributed by atoms with Gasteiger partial charge in [-0.15, -0.1) is 0 Å². The second-order valence-electron chi connectivity index (χ2n) is 6.71. The molecule has 7 heteroatoms. The number of unbranched alkanes of at least 4 members (excludes halogenated alkanes) is 1. The van der Waals surface area contributed by atoms with Crippen molar-refractivity contribution in [3.05, 3.63) is 52.8 Å². The van der Waals surface area contributed by atoms with E-state index in [0.717, 1.165) is 28.8 Å². The average Bonchev–Trinajstić information content (AvgIpc) is 3.10. The van der Waals surface area contributed by atoms with E-state index in [0.29, 0.717) is 42.5 Å². The molecule has 3 rings (SSSR count). The molecule has 0 N–H and O–H groups in total. The van der Waals surface area contributed by atoms with Crippen LogP contribution in [-0.2, 0) is 11.3 Å². The van der Waals surface area contributed by atoms with E-state index < -0.39 is 0 Å². The molecule has 1 aromatic heterocycles. The molecule has 0 spiro atoms. The number of carbonyl (C=O) groups is 1. The van der Waals surface area contributed by atoms with E-state index in [2.05, 4.69) is 11.9 Å². The SMILES string of the molecule is CCCCOc1cccc(C(=O)N=c2sc3cc(OC)ccc3n2CCOCC)c1. The van der Waals surface area contributed by atoms with Crippen molar-refractivity contribution in [3.8, 4) is 11.5 Å². The molecule has 1 amide bonds. The lowest BCUT2D eigenvalue weighted by molar-refractivity contribution is 0.0996. The maximum atomic E-state index is 12.9. The number of thiazole rings is 1. The largest absolute Gasteiger partial charge is 0.497 e. The van der Waals surface area contributed by atoms with Crippen molar-refractivity contribution in [1.82, 2.24) is 4.57 Å². The molecule has 0 bridgehead atoms. The van der Waals surface area contributed by atoms with Crippen LogP contribution in [0.3, 0.4) is 0 Å². The number of amides is 1. The Morgan fingerprint density at radius 1 is 1.10 bits per heavy atom. The van der Waals surface area contributed by atoms with E-state index in [1.807, 2.05) is 41.8 Å². The summed E-state index contributed by atoms with van der Waals surface area (Å²) in [5.41, 5.74) is 1.51. The molecule has 0 aliphatic heterocycles. The minimum absolute atomic E-state index is 0.292. The summed E-state index contributed by atoms with van der Waals surface area (Å²) in [7, 11) is 1.64. The van der Waals surface area contributed by atoms with Gasteiger partial charge in [0.05, 0.1) is 30.5 Å². The van der Waals surface area contributed by atoms with E-state index in [9.17, 15) is 4.79 Å². The molecule has 0 fully saturated rings. The fraction of sp³-hybridized carbons (Fsp3) is 0.391. The first-order chi connectivity index (χ1) is 14.7. The maximum Gasteiger partial charge on any atom is 0.279 e. The Labute approximate surface area is 180 Å². The molecule has 3 aromatic rings. The zero-order chi connectivity index (χ0) is 21.3. The summed E-state index contributed by atoms with van der Waals surface area (Å²) in [6.45, 7) is 6.53. The summed E-state index contributed by atoms with van der Waals surface area (Å²) in [5.74, 6) is 1.17. The smallest absolute Gasteiger partial charge is 0.279 e. The van der Waals surface area contributed by atoms with E-state index in [4.69, 9.17) is 14.2 Å². The summed E-state index contributed by atoms with van der Waals surface area (Å²) in [4.78, 5) is 18.0. The van der Waals surface area contributed by atoms with Crippen molar-refractivity contribution in [2.75, 3.05) is 26.9 Å². The highest BCUT2D eigenvalue weighted by atomic mass is 32.1. The van der Waals surface area contributed by atoms with Gasteiger partial charge < -0.3 is 18.8 Å². The van der Waals surface area contributed by atoms with E-state index >= 15 is 0 Å². The highest BCUT2D eigenvalue weighted by Crippen LogP contribution is 2.23. The zero-order valence-corrected chi connectivity index (χ0v) is 18.5. The molecule has 2 aromatic carbocycles. The van der Waals surface area contributed by atoms with E-state index in [1.54, 1.807) is 19.2 Å². The van der Waals surface area contributed by atoms with E-state index in [1.165, 1.54) is 11.3 Å². The Hall–Kier alpha value is -2.64. The minimum atomic E-state index is -0.292. The van der Waals surface area contributed by atoms with Crippen molar-refractivity contribution in [3.63, 3.8) is 0 Å². The number of nitrogens with zero attached hydrogens (tertiary/aromatic N) is 2. The van der Waals surface area contributed by atoms with Crippen LogP contribution in [0.2, 0.25) is 0 Å². The summed E-state index contributed by atoms with van der Waals surface area (Å²) in [6.07, 6.45) is 2.04. The number of rotatable bonds is 10. The van der Waals surface area contributed by atoms with Gasteiger partial charge in [0.25, 0.3) is 5.91 Å². The number of ether oxygens (including phenoxy) is 3. The van der Waals surface area contributed by atoms with Gasteiger partial charge in [0.2, 0.25) is 0 Å². The molecule has 6 nitrogen and oxygen atoms in total. The molecular weight excluding hydrogens is 400 g/mol. The molecule has 160 valence electrons. The maximum absolute atomic E-state index is 12.9. The molecule has 0 aliphatic carbocycles. The summed E-state index contributed by atoms with van der Waals surface area (Å²) in [6, 6.07) is 13.1. The van der Waals surface area contributed by atoms with Crippen LogP contribution in [0, 0.1) is 0 Å². The van der Waals surface area contributed by atoms with Crippen LogP contribution in [0.5, 0.6) is 11.5 Å². The summed E-state index contributed by atoms with van der Waals surface area (Å²) in [5, 5.41) is 0. The number of methoxy groups -OCH3 is 1. The number of carbonyl (C=O) groups excluding carboxylic acids is 1. The van der Waals surface area contributed by atoms with Crippen LogP contribution in [0.4, 0.5) is 0 Å². The van der Waals surface area contributed by atoms with Crippen LogP contribution in [0.25, 0.3) is 10.2 Å². The Morgan fingerprint density at radius 3 is 2.73 bits per heavy atom. The Bertz CT molecular complexity index is 1050. The van der Waals surface area contributed by atoms with Crippen LogP contribution in [0.15, 0.2) is 47.5 Å². The molecule has 0 unspecified atom stereocenters. The predicted octanol–water partition coefficient (Wildman–Crippen LogP) is 4.67. The third-order valence-corrected chi connectivity index (χ3v) is 5.64. The molecule has 0 atom stereocenters. The number of hydrogen-bond acceptors (Lipinski definition) is 5. The van der Waals surface area contributed by atoms with Crippen LogP contribution >= 0.6 is 11.3 Å². The van der Waals surface area contributed by atoms with E-state index in [-0.39, 0.29) is 5.91 Å². The Morgan fingerprint density at radius 2 is 1.97 bits per heavy atom. The third kappa shape index (κ3) is 5.49. The second kappa shape index (κ2) is 10.9. The highest BCUT2D eigenvalue weighted by Gasteiger charge is 2.11. The fourth-order valence-electron chi connectivity index (χ4n) is 2.99. The van der Waals surface area contributed by atoms with Crippen molar-refractivity contribution in [2.45, 2.75) is 33.2 Å². The van der Waals surface area contributed by atoms with Gasteiger partial charge in [-0.2, -0.15) is 4.99 Å². The number of fused-ring (bicyclic) bond motifs is 1. The van der Waals surface area contributed by atoms with Crippen LogP contribution in [-0.4, -0.2) is 37.4 Å². The average molecular weight is 429 g/mol. The minimum Gasteiger partial charge on any atom is -0.497 e. The first-order valence-corrected chi connectivity index (χ1v) is 11.0. The quantitative estimate of drug-likeness (QED) is 0.440. The highest BCUT2D eigenvalue weighted by molar-refractivity contribution is 7.16. The first kappa shape index (κ1) is 22.1. The topological polar surface area (TPSA) is 62.0 Å².